The topological polar surface area (TPSA) is 49.4 Å². The molecule has 1 unspecified atom stereocenters. The van der Waals surface area contributed by atoms with Crippen LogP contribution in [-0.4, -0.2) is 29.4 Å². The first kappa shape index (κ1) is 16.6. The van der Waals surface area contributed by atoms with Crippen LogP contribution in [0, 0.1) is 0 Å². The van der Waals surface area contributed by atoms with Gasteiger partial charge in [-0.25, -0.2) is 0 Å². The molecule has 1 atom stereocenters. The van der Waals surface area contributed by atoms with E-state index in [0.717, 1.165) is 17.8 Å². The first-order chi connectivity index (χ1) is 11.6. The maximum Gasteiger partial charge on any atom is 0.237 e. The third-order valence-electron chi connectivity index (χ3n) is 3.99. The maximum atomic E-state index is 12.5. The Balaban J connectivity index is 1.50. The van der Waals surface area contributed by atoms with Gasteiger partial charge in [0.2, 0.25) is 11.8 Å². The van der Waals surface area contributed by atoms with E-state index < -0.39 is 0 Å². The highest BCUT2D eigenvalue weighted by molar-refractivity contribution is 8.00. The van der Waals surface area contributed by atoms with Crippen LogP contribution in [-0.2, 0) is 16.0 Å². The molecule has 1 N–H and O–H groups in total. The number of rotatable bonds is 5. The smallest absolute Gasteiger partial charge is 0.237 e. The lowest BCUT2D eigenvalue weighted by Gasteiger charge is -2.22. The lowest BCUT2D eigenvalue weighted by Crippen LogP contribution is -2.37. The molecule has 24 heavy (non-hydrogen) atoms. The number of carbonyl (C=O) groups is 2. The van der Waals surface area contributed by atoms with E-state index in [2.05, 4.69) is 18.3 Å². The number of fused-ring (bicyclic) bond motifs is 1. The van der Waals surface area contributed by atoms with Crippen LogP contribution < -0.4 is 10.2 Å². The highest BCUT2D eigenvalue weighted by Gasteiger charge is 2.30. The molecule has 0 fully saturated rings. The van der Waals surface area contributed by atoms with Crippen molar-refractivity contribution in [3.63, 3.8) is 0 Å². The number of benzene rings is 2. The van der Waals surface area contributed by atoms with Crippen molar-refractivity contribution >= 4 is 35.0 Å². The fourth-order valence-corrected chi connectivity index (χ4v) is 3.64. The van der Waals surface area contributed by atoms with Crippen molar-refractivity contribution < 1.29 is 9.59 Å². The Hall–Kier alpha value is -2.27. The fourth-order valence-electron chi connectivity index (χ4n) is 2.96. The van der Waals surface area contributed by atoms with Gasteiger partial charge in [0.1, 0.15) is 0 Å². The van der Waals surface area contributed by atoms with Crippen LogP contribution in [0.1, 0.15) is 12.5 Å². The molecule has 124 valence electrons. The van der Waals surface area contributed by atoms with Gasteiger partial charge in [0.05, 0.1) is 11.5 Å². The van der Waals surface area contributed by atoms with Gasteiger partial charge in [-0.15, -0.1) is 11.8 Å². The van der Waals surface area contributed by atoms with Crippen LogP contribution in [0.15, 0.2) is 54.6 Å². The van der Waals surface area contributed by atoms with Crippen LogP contribution in [0.4, 0.5) is 11.4 Å². The van der Waals surface area contributed by atoms with E-state index in [0.29, 0.717) is 5.75 Å². The van der Waals surface area contributed by atoms with Crippen molar-refractivity contribution in [2.75, 3.05) is 21.7 Å². The second-order valence-corrected chi connectivity index (χ2v) is 6.84. The minimum atomic E-state index is -0.0890. The molecular formula is C19H20N2O2S. The standard InChI is InChI=1S/C19H20N2O2S/c1-14-11-15-7-5-6-10-17(15)21(14)19(23)13-24-12-18(22)20-16-8-3-2-4-9-16/h2-10,14H,11-13H2,1H3,(H,20,22). The summed E-state index contributed by atoms with van der Waals surface area (Å²) < 4.78 is 0. The summed E-state index contributed by atoms with van der Waals surface area (Å²) in [6.45, 7) is 2.06. The van der Waals surface area contributed by atoms with Crippen LogP contribution in [0.2, 0.25) is 0 Å². The van der Waals surface area contributed by atoms with E-state index in [1.165, 1.54) is 17.3 Å². The Morgan fingerprint density at radius 3 is 2.58 bits per heavy atom. The molecule has 5 heteroatoms. The van der Waals surface area contributed by atoms with Crippen LogP contribution in [0.25, 0.3) is 0 Å². The Morgan fingerprint density at radius 2 is 1.79 bits per heavy atom. The third-order valence-corrected chi connectivity index (χ3v) is 4.91. The summed E-state index contributed by atoms with van der Waals surface area (Å²) in [6, 6.07) is 17.5. The lowest BCUT2D eigenvalue weighted by atomic mass is 10.1. The molecule has 1 heterocycles. The monoisotopic (exact) mass is 340 g/mol. The van der Waals surface area contributed by atoms with E-state index in [-0.39, 0.29) is 23.6 Å². The van der Waals surface area contributed by atoms with Gasteiger partial charge in [0.15, 0.2) is 0 Å². The summed E-state index contributed by atoms with van der Waals surface area (Å²) in [4.78, 5) is 26.3. The van der Waals surface area contributed by atoms with E-state index in [1.807, 2.05) is 53.4 Å². The highest BCUT2D eigenvalue weighted by atomic mass is 32.2. The van der Waals surface area contributed by atoms with Gasteiger partial charge in [-0.3, -0.25) is 9.59 Å². The van der Waals surface area contributed by atoms with Crippen LogP contribution in [0.5, 0.6) is 0 Å². The summed E-state index contributed by atoms with van der Waals surface area (Å²) in [5, 5.41) is 2.82. The molecule has 0 aromatic heterocycles. The number of thioether (sulfide) groups is 1. The summed E-state index contributed by atoms with van der Waals surface area (Å²) in [7, 11) is 0. The molecular weight excluding hydrogens is 320 g/mol. The Morgan fingerprint density at radius 1 is 1.08 bits per heavy atom. The van der Waals surface area contributed by atoms with Crippen LogP contribution >= 0.6 is 11.8 Å². The second-order valence-electron chi connectivity index (χ2n) is 5.85. The van der Waals surface area contributed by atoms with E-state index in [4.69, 9.17) is 0 Å². The van der Waals surface area contributed by atoms with Crippen molar-refractivity contribution in [3.8, 4) is 0 Å². The maximum absolute atomic E-state index is 12.5. The molecule has 2 aromatic carbocycles. The largest absolute Gasteiger partial charge is 0.325 e. The zero-order valence-electron chi connectivity index (χ0n) is 13.6. The molecule has 1 aliphatic rings. The van der Waals surface area contributed by atoms with E-state index in [9.17, 15) is 9.59 Å². The lowest BCUT2D eigenvalue weighted by molar-refractivity contribution is -0.116. The van der Waals surface area contributed by atoms with Crippen molar-refractivity contribution in [2.24, 2.45) is 0 Å². The zero-order valence-corrected chi connectivity index (χ0v) is 14.4. The predicted octanol–water partition coefficient (Wildman–Crippen LogP) is 3.34. The molecule has 0 saturated carbocycles. The van der Waals surface area contributed by atoms with Gasteiger partial charge in [-0.1, -0.05) is 36.4 Å². The van der Waals surface area contributed by atoms with Crippen molar-refractivity contribution in [1.29, 1.82) is 0 Å². The highest BCUT2D eigenvalue weighted by Crippen LogP contribution is 2.32. The summed E-state index contributed by atoms with van der Waals surface area (Å²) in [6.07, 6.45) is 0.890. The molecule has 0 spiro atoms. The van der Waals surface area contributed by atoms with Gasteiger partial charge < -0.3 is 10.2 Å². The number of carbonyl (C=O) groups excluding carboxylic acids is 2. The Bertz CT molecular complexity index is 733. The molecule has 2 amide bonds. The third kappa shape index (κ3) is 3.79. The molecule has 0 bridgehead atoms. The van der Waals surface area contributed by atoms with E-state index in [1.54, 1.807) is 0 Å². The van der Waals surface area contributed by atoms with Gasteiger partial charge in [-0.2, -0.15) is 0 Å². The molecule has 0 saturated heterocycles. The average molecular weight is 340 g/mol. The van der Waals surface area contributed by atoms with Crippen LogP contribution in [0.3, 0.4) is 0 Å². The summed E-state index contributed by atoms with van der Waals surface area (Å²) in [5.41, 5.74) is 2.99. The number of nitrogens with one attached hydrogen (secondary N) is 1. The number of amides is 2. The van der Waals surface area contributed by atoms with Crippen molar-refractivity contribution in [3.05, 3.63) is 60.2 Å². The predicted molar refractivity (Wildman–Crippen MR) is 99.5 cm³/mol. The number of nitrogens with zero attached hydrogens (tertiary/aromatic N) is 1. The minimum absolute atomic E-state index is 0.0601. The number of hydrogen-bond donors (Lipinski definition) is 1. The molecule has 0 aliphatic carbocycles. The molecule has 1 aliphatic heterocycles. The quantitative estimate of drug-likeness (QED) is 0.908. The van der Waals surface area contributed by atoms with Gasteiger partial charge in [0, 0.05) is 17.4 Å². The Kier molecular flexibility index (Phi) is 5.20. The first-order valence-corrected chi connectivity index (χ1v) is 9.13. The second kappa shape index (κ2) is 7.53. The Labute approximate surface area is 146 Å². The minimum Gasteiger partial charge on any atom is -0.325 e. The zero-order chi connectivity index (χ0) is 16.9. The SMILES string of the molecule is CC1Cc2ccccc2N1C(=O)CSCC(=O)Nc1ccccc1. The number of para-hydroxylation sites is 2. The summed E-state index contributed by atoms with van der Waals surface area (Å²) in [5.74, 6) is 0.546. The average Bonchev–Trinajstić information content (AvgIpc) is 2.91. The molecule has 0 radical (unpaired) electrons. The van der Waals surface area contributed by atoms with E-state index >= 15 is 0 Å². The van der Waals surface area contributed by atoms with Gasteiger partial charge in [0.25, 0.3) is 0 Å². The van der Waals surface area contributed by atoms with Gasteiger partial charge >= 0.3 is 0 Å². The van der Waals surface area contributed by atoms with Crippen molar-refractivity contribution in [1.82, 2.24) is 0 Å². The van der Waals surface area contributed by atoms with Crippen molar-refractivity contribution in [2.45, 2.75) is 19.4 Å². The molecule has 4 nitrogen and oxygen atoms in total. The first-order valence-electron chi connectivity index (χ1n) is 7.98. The molecule has 3 rings (SSSR count). The van der Waals surface area contributed by atoms with Gasteiger partial charge in [-0.05, 0) is 37.1 Å². The number of anilines is 2. The fraction of sp³-hybridized carbons (Fsp3) is 0.263. The number of hydrogen-bond acceptors (Lipinski definition) is 3. The normalized spacial score (nSPS) is 15.9. The summed E-state index contributed by atoms with van der Waals surface area (Å²) >= 11 is 1.35. The molecule has 2 aromatic rings.